The molecular weight excluding hydrogens is 499 g/mol. The lowest BCUT2D eigenvalue weighted by atomic mass is 10.1. The molecule has 0 radical (unpaired) electrons. The van der Waals surface area contributed by atoms with Crippen molar-refractivity contribution in [1.82, 2.24) is 14.8 Å². The van der Waals surface area contributed by atoms with Crippen LogP contribution >= 0.6 is 0 Å². The molecule has 0 saturated carbocycles. The third-order valence-electron chi connectivity index (χ3n) is 5.10. The first-order chi connectivity index (χ1) is 18.1. The van der Waals surface area contributed by atoms with Crippen molar-refractivity contribution >= 4 is 11.4 Å². The van der Waals surface area contributed by atoms with Gasteiger partial charge in [0.15, 0.2) is 5.69 Å². The van der Waals surface area contributed by atoms with Crippen molar-refractivity contribution < 1.29 is 22.6 Å². The number of aliphatic imine (C=N–C) groups is 1. The number of halogens is 3. The molecule has 8 nitrogen and oxygen atoms in total. The second-order valence-corrected chi connectivity index (χ2v) is 8.01. The number of pyridine rings is 1. The van der Waals surface area contributed by atoms with Gasteiger partial charge in [0.1, 0.15) is 17.2 Å². The van der Waals surface area contributed by atoms with Crippen LogP contribution in [0.25, 0.3) is 16.9 Å². The zero-order valence-corrected chi connectivity index (χ0v) is 20.3. The quantitative estimate of drug-likeness (QED) is 0.336. The molecule has 0 aliphatic heterocycles. The summed E-state index contributed by atoms with van der Waals surface area (Å²) >= 11 is 0. The lowest BCUT2D eigenvalue weighted by Crippen LogP contribution is -2.21. The summed E-state index contributed by atoms with van der Waals surface area (Å²) in [6.07, 6.45) is -0.297. The summed E-state index contributed by atoms with van der Waals surface area (Å²) in [6, 6.07) is 17.3. The highest BCUT2D eigenvalue weighted by atomic mass is 19.4. The Morgan fingerprint density at radius 2 is 1.89 bits per heavy atom. The molecule has 0 saturated heterocycles. The number of nitrogens with two attached hydrogens (primary N) is 1. The van der Waals surface area contributed by atoms with Gasteiger partial charge in [-0.2, -0.15) is 5.10 Å². The minimum absolute atomic E-state index is 0.0533. The van der Waals surface area contributed by atoms with Gasteiger partial charge >= 0.3 is 6.36 Å². The zero-order chi connectivity index (χ0) is 27.3. The van der Waals surface area contributed by atoms with Crippen LogP contribution in [0.15, 0.2) is 101 Å². The van der Waals surface area contributed by atoms with E-state index in [1.165, 1.54) is 42.3 Å². The molecule has 0 unspecified atom stereocenters. The first-order valence-electron chi connectivity index (χ1n) is 11.2. The molecule has 2 heterocycles. The summed E-state index contributed by atoms with van der Waals surface area (Å²) in [7, 11) is 1.51. The molecule has 38 heavy (non-hydrogen) atoms. The molecule has 2 N–H and O–H groups in total. The number of aromatic nitrogens is 3. The second-order valence-electron chi connectivity index (χ2n) is 8.01. The summed E-state index contributed by atoms with van der Waals surface area (Å²) in [6.45, 7) is 1.58. The second kappa shape index (κ2) is 11.0. The highest BCUT2D eigenvalue weighted by Crippen LogP contribution is 2.29. The summed E-state index contributed by atoms with van der Waals surface area (Å²) < 4.78 is 49.0. The minimum atomic E-state index is -4.86. The van der Waals surface area contributed by atoms with Gasteiger partial charge in [-0.1, -0.05) is 18.2 Å². The molecule has 0 aliphatic carbocycles. The number of rotatable bonds is 7. The Bertz CT molecular complexity index is 1560. The summed E-state index contributed by atoms with van der Waals surface area (Å²) in [4.78, 5) is 21.5. The Labute approximate surface area is 215 Å². The van der Waals surface area contributed by atoms with Gasteiger partial charge in [-0.3, -0.25) is 9.78 Å². The van der Waals surface area contributed by atoms with Crippen LogP contribution in [0, 0.1) is 0 Å². The van der Waals surface area contributed by atoms with Crippen molar-refractivity contribution in [1.29, 1.82) is 0 Å². The van der Waals surface area contributed by atoms with Crippen molar-refractivity contribution in [3.63, 3.8) is 0 Å². The van der Waals surface area contributed by atoms with Crippen LogP contribution in [-0.4, -0.2) is 33.9 Å². The molecule has 0 aliphatic rings. The number of hydrogen-bond acceptors (Lipinski definition) is 7. The highest BCUT2D eigenvalue weighted by molar-refractivity contribution is 6.08. The third-order valence-corrected chi connectivity index (χ3v) is 5.10. The van der Waals surface area contributed by atoms with Crippen molar-refractivity contribution in [2.45, 2.75) is 13.3 Å². The van der Waals surface area contributed by atoms with Gasteiger partial charge in [0, 0.05) is 35.8 Å². The van der Waals surface area contributed by atoms with Crippen LogP contribution in [0.2, 0.25) is 0 Å². The number of allylic oxidation sites excluding steroid dienone is 2. The number of hydrogen-bond donors (Lipinski definition) is 1. The van der Waals surface area contributed by atoms with Gasteiger partial charge in [0.2, 0.25) is 5.43 Å². The molecule has 0 fully saturated rings. The monoisotopic (exact) mass is 521 g/mol. The third kappa shape index (κ3) is 6.44. The Morgan fingerprint density at radius 3 is 2.58 bits per heavy atom. The molecule has 0 atom stereocenters. The van der Waals surface area contributed by atoms with Gasteiger partial charge in [-0.05, 0) is 49.4 Å². The Balaban J connectivity index is 1.79. The van der Waals surface area contributed by atoms with E-state index in [2.05, 4.69) is 19.8 Å². The van der Waals surface area contributed by atoms with Gasteiger partial charge in [0.05, 0.1) is 24.2 Å². The smallest absolute Gasteiger partial charge is 0.494 e. The first-order valence-corrected chi connectivity index (χ1v) is 11.2. The van der Waals surface area contributed by atoms with E-state index in [1.807, 2.05) is 24.3 Å². The first kappa shape index (κ1) is 26.1. The maximum Gasteiger partial charge on any atom is 0.573 e. The summed E-state index contributed by atoms with van der Waals surface area (Å²) in [5.41, 5.74) is 7.88. The van der Waals surface area contributed by atoms with Crippen molar-refractivity contribution in [3.8, 4) is 28.4 Å². The standard InChI is InChI=1S/C27H22F3N5O3/c1-17(31)14-22(33-19-6-5-7-20(16-19)38-27(28,29)30)26-24(36)11-13-35(34-26)23-10-9-18(15-25(23)37-2)21-8-3-4-12-32-21/h3-16H,31H2,1-2H3. The lowest BCUT2D eigenvalue weighted by Gasteiger charge is -2.13. The highest BCUT2D eigenvalue weighted by Gasteiger charge is 2.31. The van der Waals surface area contributed by atoms with Crippen molar-refractivity contribution in [2.75, 3.05) is 7.11 Å². The van der Waals surface area contributed by atoms with Crippen molar-refractivity contribution in [3.05, 3.63) is 107 Å². The van der Waals surface area contributed by atoms with Gasteiger partial charge in [0.25, 0.3) is 0 Å². The van der Waals surface area contributed by atoms with E-state index in [4.69, 9.17) is 10.5 Å². The van der Waals surface area contributed by atoms with Crippen LogP contribution in [0.3, 0.4) is 0 Å². The van der Waals surface area contributed by atoms with Crippen LogP contribution in [0.4, 0.5) is 18.9 Å². The van der Waals surface area contributed by atoms with E-state index in [0.717, 1.165) is 23.4 Å². The molecule has 194 valence electrons. The van der Waals surface area contributed by atoms with E-state index in [0.29, 0.717) is 17.1 Å². The predicted molar refractivity (Wildman–Crippen MR) is 137 cm³/mol. The topological polar surface area (TPSA) is 105 Å². The predicted octanol–water partition coefficient (Wildman–Crippen LogP) is 5.19. The van der Waals surface area contributed by atoms with Gasteiger partial charge < -0.3 is 15.2 Å². The van der Waals surface area contributed by atoms with E-state index in [-0.39, 0.29) is 17.1 Å². The molecule has 4 aromatic rings. The Hall–Kier alpha value is -4.93. The van der Waals surface area contributed by atoms with E-state index in [1.54, 1.807) is 25.3 Å². The van der Waals surface area contributed by atoms with Crippen LogP contribution in [0.5, 0.6) is 11.5 Å². The Kier molecular flexibility index (Phi) is 7.56. The zero-order valence-electron chi connectivity index (χ0n) is 20.3. The summed E-state index contributed by atoms with van der Waals surface area (Å²) in [5.74, 6) is 0.0130. The molecule has 2 aromatic heterocycles. The molecule has 0 bridgehead atoms. The molecule has 0 spiro atoms. The fourth-order valence-electron chi connectivity index (χ4n) is 3.54. The average Bonchev–Trinajstić information content (AvgIpc) is 2.88. The van der Waals surface area contributed by atoms with E-state index in [9.17, 15) is 18.0 Å². The normalized spacial score (nSPS) is 12.3. The average molecular weight is 521 g/mol. The number of methoxy groups -OCH3 is 1. The molecular formula is C27H22F3N5O3. The number of benzene rings is 2. The van der Waals surface area contributed by atoms with Crippen LogP contribution in [-0.2, 0) is 0 Å². The SMILES string of the molecule is COc1cc(-c2ccccn2)ccc1-n1ccc(=O)c(C(C=C(C)N)=Nc2cccc(OC(F)(F)F)c2)n1. The van der Waals surface area contributed by atoms with E-state index < -0.39 is 17.5 Å². The fourth-order valence-corrected chi connectivity index (χ4v) is 3.54. The molecule has 4 rings (SSSR count). The maximum atomic E-state index is 12.8. The van der Waals surface area contributed by atoms with Crippen molar-refractivity contribution in [2.24, 2.45) is 10.7 Å². The van der Waals surface area contributed by atoms with Gasteiger partial charge in [-0.15, -0.1) is 13.2 Å². The maximum absolute atomic E-state index is 12.8. The Morgan fingerprint density at radius 1 is 1.08 bits per heavy atom. The lowest BCUT2D eigenvalue weighted by molar-refractivity contribution is -0.274. The number of ether oxygens (including phenoxy) is 2. The fraction of sp³-hybridized carbons (Fsp3) is 0.111. The van der Waals surface area contributed by atoms with Crippen LogP contribution < -0.4 is 20.6 Å². The molecule has 2 aromatic carbocycles. The largest absolute Gasteiger partial charge is 0.573 e. The molecule has 0 amide bonds. The molecule has 11 heteroatoms. The van der Waals surface area contributed by atoms with E-state index >= 15 is 0 Å². The summed E-state index contributed by atoms with van der Waals surface area (Å²) in [5, 5.41) is 4.45. The minimum Gasteiger partial charge on any atom is -0.494 e. The van der Waals surface area contributed by atoms with Crippen LogP contribution in [0.1, 0.15) is 12.6 Å². The van der Waals surface area contributed by atoms with Gasteiger partial charge in [-0.25, -0.2) is 9.67 Å². The number of alkyl halides is 3. The number of nitrogens with zero attached hydrogens (tertiary/aromatic N) is 4.